The number of hydrogen-bond acceptors (Lipinski definition) is 4. The molecule has 0 bridgehead atoms. The molecule has 2 aromatic carbocycles. The summed E-state index contributed by atoms with van der Waals surface area (Å²) in [6.07, 6.45) is 0.259. The maximum atomic E-state index is 11.8. The molecule has 0 fully saturated rings. The topological polar surface area (TPSA) is 115 Å². The largest absolute Gasteiger partial charge is 0.399 e. The third-order valence-corrected chi connectivity index (χ3v) is 4.02. The van der Waals surface area contributed by atoms with Crippen molar-refractivity contribution in [2.75, 3.05) is 5.73 Å². The molecular formula is C15H17N3O3S. The number of nitrogen functional groups attached to an aromatic ring is 1. The minimum Gasteiger partial charge on any atom is -0.399 e. The van der Waals surface area contributed by atoms with Gasteiger partial charge in [-0.2, -0.15) is 0 Å². The zero-order valence-electron chi connectivity index (χ0n) is 11.8. The molecule has 0 aliphatic rings. The highest BCUT2D eigenvalue weighted by atomic mass is 32.2. The van der Waals surface area contributed by atoms with E-state index in [-0.39, 0.29) is 17.2 Å². The van der Waals surface area contributed by atoms with E-state index < -0.39 is 10.0 Å². The predicted molar refractivity (Wildman–Crippen MR) is 84.2 cm³/mol. The first kappa shape index (κ1) is 16.0. The predicted octanol–water partition coefficient (Wildman–Crippen LogP) is 0.775. The highest BCUT2D eigenvalue weighted by Gasteiger charge is 2.07. The number of rotatable bonds is 5. The number of amides is 1. The molecule has 0 atom stereocenters. The lowest BCUT2D eigenvalue weighted by Crippen LogP contribution is -2.24. The molecule has 0 radical (unpaired) electrons. The van der Waals surface area contributed by atoms with Crippen LogP contribution in [0.25, 0.3) is 0 Å². The smallest absolute Gasteiger partial charge is 0.238 e. The van der Waals surface area contributed by atoms with Gasteiger partial charge in [-0.25, -0.2) is 13.6 Å². The summed E-state index contributed by atoms with van der Waals surface area (Å²) >= 11 is 0. The van der Waals surface area contributed by atoms with Crippen molar-refractivity contribution in [3.63, 3.8) is 0 Å². The molecule has 0 aromatic heterocycles. The first-order chi connectivity index (χ1) is 10.3. The fraction of sp³-hybridized carbons (Fsp3) is 0.133. The normalized spacial score (nSPS) is 11.1. The first-order valence-electron chi connectivity index (χ1n) is 6.57. The second-order valence-corrected chi connectivity index (χ2v) is 6.45. The Morgan fingerprint density at radius 1 is 0.955 bits per heavy atom. The van der Waals surface area contributed by atoms with Gasteiger partial charge in [-0.3, -0.25) is 4.79 Å². The Balaban J connectivity index is 1.89. The molecule has 0 heterocycles. The number of benzene rings is 2. The average molecular weight is 319 g/mol. The van der Waals surface area contributed by atoms with Crippen molar-refractivity contribution in [3.05, 3.63) is 59.7 Å². The summed E-state index contributed by atoms with van der Waals surface area (Å²) in [6, 6.07) is 13.1. The number of nitrogens with one attached hydrogen (secondary N) is 1. The number of primary sulfonamides is 1. The number of nitrogens with two attached hydrogens (primary N) is 2. The van der Waals surface area contributed by atoms with E-state index in [9.17, 15) is 13.2 Å². The van der Waals surface area contributed by atoms with Crippen molar-refractivity contribution in [2.24, 2.45) is 5.14 Å². The summed E-state index contributed by atoms with van der Waals surface area (Å²) in [6.45, 7) is 0.318. The summed E-state index contributed by atoms with van der Waals surface area (Å²) in [5.74, 6) is -0.125. The Morgan fingerprint density at radius 2 is 1.50 bits per heavy atom. The Bertz CT molecular complexity index is 754. The molecule has 116 valence electrons. The van der Waals surface area contributed by atoms with Gasteiger partial charge in [-0.05, 0) is 35.4 Å². The third-order valence-electron chi connectivity index (χ3n) is 3.09. The first-order valence-corrected chi connectivity index (χ1v) is 8.12. The molecule has 0 aliphatic heterocycles. The van der Waals surface area contributed by atoms with E-state index in [1.807, 2.05) is 0 Å². The molecule has 2 rings (SSSR count). The van der Waals surface area contributed by atoms with E-state index >= 15 is 0 Å². The maximum Gasteiger partial charge on any atom is 0.238 e. The standard InChI is InChI=1S/C15H17N3O3S/c16-13-5-1-11(2-6-13)9-15(19)18-10-12-3-7-14(8-4-12)22(17,20)21/h1-8H,9-10,16H2,(H,18,19)(H2,17,20,21). The minimum atomic E-state index is -3.69. The van der Waals surface area contributed by atoms with Crippen LogP contribution in [0.5, 0.6) is 0 Å². The van der Waals surface area contributed by atoms with E-state index in [1.54, 1.807) is 36.4 Å². The number of hydrogen-bond donors (Lipinski definition) is 3. The fourth-order valence-corrected chi connectivity index (χ4v) is 2.40. The van der Waals surface area contributed by atoms with Gasteiger partial charge in [-0.1, -0.05) is 24.3 Å². The molecule has 1 amide bonds. The van der Waals surface area contributed by atoms with Gasteiger partial charge < -0.3 is 11.1 Å². The van der Waals surface area contributed by atoms with Gasteiger partial charge in [0.2, 0.25) is 15.9 Å². The van der Waals surface area contributed by atoms with Crippen molar-refractivity contribution >= 4 is 21.6 Å². The number of sulfonamides is 1. The molecule has 2 aromatic rings. The maximum absolute atomic E-state index is 11.8. The summed E-state index contributed by atoms with van der Waals surface area (Å²) in [4.78, 5) is 11.9. The van der Waals surface area contributed by atoms with Crippen molar-refractivity contribution in [1.29, 1.82) is 0 Å². The van der Waals surface area contributed by atoms with E-state index in [0.717, 1.165) is 11.1 Å². The highest BCUT2D eigenvalue weighted by molar-refractivity contribution is 7.89. The number of carbonyl (C=O) groups is 1. The molecule has 0 aliphatic carbocycles. The van der Waals surface area contributed by atoms with E-state index in [4.69, 9.17) is 10.9 Å². The Morgan fingerprint density at radius 3 is 2.05 bits per heavy atom. The lowest BCUT2D eigenvalue weighted by molar-refractivity contribution is -0.120. The zero-order chi connectivity index (χ0) is 16.2. The molecule has 0 saturated carbocycles. The van der Waals surface area contributed by atoms with Crippen molar-refractivity contribution < 1.29 is 13.2 Å². The Kier molecular flexibility index (Phi) is 4.79. The summed E-state index contributed by atoms with van der Waals surface area (Å²) in [5, 5.41) is 7.79. The summed E-state index contributed by atoms with van der Waals surface area (Å²) in [7, 11) is -3.69. The van der Waals surface area contributed by atoms with Crippen LogP contribution >= 0.6 is 0 Å². The zero-order valence-corrected chi connectivity index (χ0v) is 12.6. The van der Waals surface area contributed by atoms with Gasteiger partial charge in [-0.15, -0.1) is 0 Å². The van der Waals surface area contributed by atoms with Crippen LogP contribution in [0.2, 0.25) is 0 Å². The number of anilines is 1. The van der Waals surface area contributed by atoms with Crippen LogP contribution in [-0.4, -0.2) is 14.3 Å². The van der Waals surface area contributed by atoms with Gasteiger partial charge in [0.25, 0.3) is 0 Å². The minimum absolute atomic E-state index is 0.0458. The van der Waals surface area contributed by atoms with Crippen LogP contribution in [0.3, 0.4) is 0 Å². The lowest BCUT2D eigenvalue weighted by atomic mass is 10.1. The van der Waals surface area contributed by atoms with Crippen LogP contribution in [0.15, 0.2) is 53.4 Å². The molecule has 22 heavy (non-hydrogen) atoms. The lowest BCUT2D eigenvalue weighted by Gasteiger charge is -2.06. The average Bonchev–Trinajstić information content (AvgIpc) is 2.47. The van der Waals surface area contributed by atoms with E-state index in [2.05, 4.69) is 5.32 Å². The van der Waals surface area contributed by atoms with Crippen LogP contribution < -0.4 is 16.2 Å². The summed E-state index contributed by atoms with van der Waals surface area (Å²) in [5.41, 5.74) is 7.90. The van der Waals surface area contributed by atoms with Crippen LogP contribution in [0, 0.1) is 0 Å². The SMILES string of the molecule is Nc1ccc(CC(=O)NCc2ccc(S(N)(=O)=O)cc2)cc1. The van der Waals surface area contributed by atoms with Gasteiger partial charge in [0.15, 0.2) is 0 Å². The molecule has 6 nitrogen and oxygen atoms in total. The highest BCUT2D eigenvalue weighted by Crippen LogP contribution is 2.09. The Labute approximate surface area is 129 Å². The van der Waals surface area contributed by atoms with Gasteiger partial charge >= 0.3 is 0 Å². The second-order valence-electron chi connectivity index (χ2n) is 4.88. The van der Waals surface area contributed by atoms with Gasteiger partial charge in [0.1, 0.15) is 0 Å². The van der Waals surface area contributed by atoms with E-state index in [0.29, 0.717) is 12.2 Å². The van der Waals surface area contributed by atoms with Crippen LogP contribution in [0.4, 0.5) is 5.69 Å². The number of carbonyl (C=O) groups excluding carboxylic acids is 1. The van der Waals surface area contributed by atoms with Crippen molar-refractivity contribution in [2.45, 2.75) is 17.9 Å². The monoisotopic (exact) mass is 319 g/mol. The van der Waals surface area contributed by atoms with Crippen molar-refractivity contribution in [1.82, 2.24) is 5.32 Å². The molecule has 0 saturated heterocycles. The van der Waals surface area contributed by atoms with Gasteiger partial charge in [0, 0.05) is 12.2 Å². The van der Waals surface area contributed by atoms with Crippen LogP contribution in [-0.2, 0) is 27.8 Å². The molecule has 7 heteroatoms. The fourth-order valence-electron chi connectivity index (χ4n) is 1.88. The summed E-state index contributed by atoms with van der Waals surface area (Å²) < 4.78 is 22.3. The van der Waals surface area contributed by atoms with E-state index in [1.165, 1.54) is 12.1 Å². The third kappa shape index (κ3) is 4.57. The van der Waals surface area contributed by atoms with Crippen molar-refractivity contribution in [3.8, 4) is 0 Å². The molecule has 0 spiro atoms. The quantitative estimate of drug-likeness (QED) is 0.706. The van der Waals surface area contributed by atoms with Gasteiger partial charge in [0.05, 0.1) is 11.3 Å². The second kappa shape index (κ2) is 6.59. The molecule has 5 N–H and O–H groups in total. The van der Waals surface area contributed by atoms with Crippen LogP contribution in [0.1, 0.15) is 11.1 Å². The molecular weight excluding hydrogens is 302 g/mol. The Hall–Kier alpha value is -2.38. The molecule has 0 unspecified atom stereocenters.